The van der Waals surface area contributed by atoms with Crippen LogP contribution in [0.2, 0.25) is 0 Å². The first-order chi connectivity index (χ1) is 16.2. The molecule has 0 spiro atoms. The lowest BCUT2D eigenvalue weighted by Crippen LogP contribution is -2.65. The molecule has 1 aromatic carbocycles. The minimum atomic E-state index is -1.21. The molecular weight excluding hydrogens is 432 g/mol. The lowest BCUT2D eigenvalue weighted by Gasteiger charge is -2.44. The predicted molar refractivity (Wildman–Crippen MR) is 129 cm³/mol. The van der Waals surface area contributed by atoms with Crippen molar-refractivity contribution >= 4 is 23.5 Å². The van der Waals surface area contributed by atoms with Gasteiger partial charge in [-0.1, -0.05) is 43.4 Å². The average Bonchev–Trinajstić information content (AvgIpc) is 3.04. The molecule has 8 nitrogen and oxygen atoms in total. The Morgan fingerprint density at radius 1 is 1.15 bits per heavy atom. The molecule has 1 saturated carbocycles. The van der Waals surface area contributed by atoms with E-state index in [2.05, 4.69) is 10.4 Å². The molecule has 0 bridgehead atoms. The number of nitrogens with zero attached hydrogens (tertiary/aromatic N) is 3. The highest BCUT2D eigenvalue weighted by molar-refractivity contribution is 6.12. The van der Waals surface area contributed by atoms with Gasteiger partial charge in [0.25, 0.3) is 5.91 Å². The molecule has 8 heteroatoms. The van der Waals surface area contributed by atoms with E-state index in [0.717, 1.165) is 36.8 Å². The van der Waals surface area contributed by atoms with Crippen molar-refractivity contribution in [1.82, 2.24) is 15.1 Å². The van der Waals surface area contributed by atoms with Crippen LogP contribution in [0.1, 0.15) is 84.5 Å². The summed E-state index contributed by atoms with van der Waals surface area (Å²) in [6, 6.07) is 7.38. The van der Waals surface area contributed by atoms with E-state index in [9.17, 15) is 14.4 Å². The monoisotopic (exact) mass is 466 g/mol. The Bertz CT molecular complexity index is 1100. The van der Waals surface area contributed by atoms with Crippen LogP contribution in [0, 0.1) is 13.8 Å². The van der Waals surface area contributed by atoms with Crippen molar-refractivity contribution in [2.75, 3.05) is 11.5 Å². The summed E-state index contributed by atoms with van der Waals surface area (Å²) in [4.78, 5) is 41.6. The van der Waals surface area contributed by atoms with E-state index in [1.54, 1.807) is 18.7 Å². The molecule has 4 rings (SSSR count). The van der Waals surface area contributed by atoms with Gasteiger partial charge in [-0.25, -0.2) is 4.79 Å². The fourth-order valence-electron chi connectivity index (χ4n) is 5.08. The minimum absolute atomic E-state index is 0.0687. The zero-order valence-corrected chi connectivity index (χ0v) is 20.5. The van der Waals surface area contributed by atoms with Crippen LogP contribution in [0.25, 0.3) is 0 Å². The molecule has 1 atom stereocenters. The number of hydrogen-bond acceptors (Lipinski definition) is 5. The van der Waals surface area contributed by atoms with Gasteiger partial charge in [0.15, 0.2) is 5.69 Å². The number of hydrogen-bond donors (Lipinski definition) is 1. The van der Waals surface area contributed by atoms with E-state index in [1.165, 1.54) is 23.6 Å². The molecule has 2 heterocycles. The largest absolute Gasteiger partial charge is 0.461 e. The molecule has 2 aromatic rings. The minimum Gasteiger partial charge on any atom is -0.461 e. The van der Waals surface area contributed by atoms with Crippen LogP contribution in [-0.2, 0) is 16.1 Å². The number of rotatable bonds is 5. The van der Waals surface area contributed by atoms with Crippen molar-refractivity contribution in [2.45, 2.75) is 84.3 Å². The molecule has 1 aromatic heterocycles. The number of ether oxygens (including phenoxy) is 1. The molecule has 0 saturated heterocycles. The summed E-state index contributed by atoms with van der Waals surface area (Å²) in [5.41, 5.74) is 1.78. The Hall–Kier alpha value is -3.16. The molecule has 0 radical (unpaired) electrons. The zero-order valence-electron chi connectivity index (χ0n) is 20.5. The van der Waals surface area contributed by atoms with Crippen molar-refractivity contribution in [1.29, 1.82) is 0 Å². The highest BCUT2D eigenvalue weighted by atomic mass is 16.5. The van der Waals surface area contributed by atoms with E-state index in [1.807, 2.05) is 32.0 Å². The van der Waals surface area contributed by atoms with E-state index in [4.69, 9.17) is 4.74 Å². The highest BCUT2D eigenvalue weighted by Gasteiger charge is 2.49. The SMILES string of the molecule is CCOC(=O)c1cc2n(n1)CC(C)(C(=O)NC1CCCCCC1)N(c1ccc(C)cc1C)C2=O. The van der Waals surface area contributed by atoms with Gasteiger partial charge in [0, 0.05) is 17.8 Å². The van der Waals surface area contributed by atoms with Gasteiger partial charge in [0.1, 0.15) is 11.2 Å². The Morgan fingerprint density at radius 2 is 1.85 bits per heavy atom. The van der Waals surface area contributed by atoms with Crippen LogP contribution >= 0.6 is 0 Å². The normalized spacial score (nSPS) is 21.1. The number of carbonyl (C=O) groups is 3. The van der Waals surface area contributed by atoms with Gasteiger partial charge in [0.05, 0.1) is 13.2 Å². The number of amides is 2. The lowest BCUT2D eigenvalue weighted by atomic mass is 9.92. The van der Waals surface area contributed by atoms with Gasteiger partial charge < -0.3 is 10.1 Å². The molecule has 2 aliphatic rings. The Labute approximate surface area is 200 Å². The molecule has 1 unspecified atom stereocenters. The van der Waals surface area contributed by atoms with E-state index < -0.39 is 11.5 Å². The van der Waals surface area contributed by atoms with Crippen molar-refractivity contribution in [3.05, 3.63) is 46.8 Å². The quantitative estimate of drug-likeness (QED) is 0.532. The predicted octanol–water partition coefficient (Wildman–Crippen LogP) is 3.93. The van der Waals surface area contributed by atoms with Crippen molar-refractivity contribution in [3.8, 4) is 0 Å². The molecule has 1 aliphatic carbocycles. The fourth-order valence-corrected chi connectivity index (χ4v) is 5.08. The molecule has 1 aliphatic heterocycles. The first-order valence-electron chi connectivity index (χ1n) is 12.2. The van der Waals surface area contributed by atoms with Crippen LogP contribution in [0.3, 0.4) is 0 Å². The van der Waals surface area contributed by atoms with Crippen LogP contribution in [0.15, 0.2) is 24.3 Å². The molecular formula is C26H34N4O4. The number of benzene rings is 1. The van der Waals surface area contributed by atoms with Crippen LogP contribution in [0.4, 0.5) is 5.69 Å². The van der Waals surface area contributed by atoms with Gasteiger partial charge >= 0.3 is 5.97 Å². The summed E-state index contributed by atoms with van der Waals surface area (Å²) in [6.07, 6.45) is 6.44. The van der Waals surface area contributed by atoms with Gasteiger partial charge in [-0.05, 0) is 52.2 Å². The zero-order chi connectivity index (χ0) is 24.5. The fraction of sp³-hybridized carbons (Fsp3) is 0.538. The number of carbonyl (C=O) groups excluding carboxylic acids is 3. The Morgan fingerprint density at radius 3 is 2.50 bits per heavy atom. The summed E-state index contributed by atoms with van der Waals surface area (Å²) < 4.78 is 6.55. The van der Waals surface area contributed by atoms with Crippen LogP contribution in [-0.4, -0.2) is 45.8 Å². The maximum absolute atomic E-state index is 13.8. The summed E-state index contributed by atoms with van der Waals surface area (Å²) in [5, 5.41) is 7.57. The lowest BCUT2D eigenvalue weighted by molar-refractivity contribution is -0.127. The van der Waals surface area contributed by atoms with Crippen molar-refractivity contribution in [3.63, 3.8) is 0 Å². The highest BCUT2D eigenvalue weighted by Crippen LogP contribution is 2.35. The van der Waals surface area contributed by atoms with Crippen LogP contribution in [0.5, 0.6) is 0 Å². The third kappa shape index (κ3) is 4.45. The van der Waals surface area contributed by atoms with Gasteiger partial charge in [-0.2, -0.15) is 5.10 Å². The standard InChI is InChI=1S/C26H34N4O4/c1-5-34-24(32)20-15-22-23(31)30(21-13-12-17(2)14-18(21)3)26(4,16-29(22)28-20)25(33)27-19-10-8-6-7-9-11-19/h12-15,19H,5-11,16H2,1-4H3,(H,27,33). The molecule has 2 amide bonds. The maximum atomic E-state index is 13.8. The third-order valence-corrected chi connectivity index (χ3v) is 6.91. The number of esters is 1. The third-order valence-electron chi connectivity index (χ3n) is 6.91. The Kier molecular flexibility index (Phi) is 6.77. The van der Waals surface area contributed by atoms with Gasteiger partial charge in [-0.3, -0.25) is 19.2 Å². The van der Waals surface area contributed by atoms with Crippen LogP contribution < -0.4 is 10.2 Å². The van der Waals surface area contributed by atoms with Crippen molar-refractivity contribution < 1.29 is 19.1 Å². The molecule has 34 heavy (non-hydrogen) atoms. The number of fused-ring (bicyclic) bond motifs is 1. The second kappa shape index (κ2) is 9.60. The number of aryl methyl sites for hydroxylation is 2. The van der Waals surface area contributed by atoms with Gasteiger partial charge in [-0.15, -0.1) is 0 Å². The Balaban J connectivity index is 1.76. The topological polar surface area (TPSA) is 93.5 Å². The summed E-state index contributed by atoms with van der Waals surface area (Å²) in [6.45, 7) is 7.79. The maximum Gasteiger partial charge on any atom is 0.358 e. The van der Waals surface area contributed by atoms with E-state index >= 15 is 0 Å². The summed E-state index contributed by atoms with van der Waals surface area (Å²) in [7, 11) is 0. The number of aromatic nitrogens is 2. The summed E-state index contributed by atoms with van der Waals surface area (Å²) >= 11 is 0. The van der Waals surface area contributed by atoms with Crippen molar-refractivity contribution in [2.24, 2.45) is 0 Å². The first-order valence-corrected chi connectivity index (χ1v) is 12.2. The average molecular weight is 467 g/mol. The first kappa shape index (κ1) is 24.0. The van der Waals surface area contributed by atoms with E-state index in [-0.39, 0.29) is 42.4 Å². The number of anilines is 1. The number of nitrogens with one attached hydrogen (secondary N) is 1. The molecule has 182 valence electrons. The molecule has 1 N–H and O–H groups in total. The van der Waals surface area contributed by atoms with E-state index in [0.29, 0.717) is 5.69 Å². The molecule has 1 fully saturated rings. The second-order valence-corrected chi connectivity index (χ2v) is 9.66. The summed E-state index contributed by atoms with van der Waals surface area (Å²) in [5.74, 6) is -1.15. The van der Waals surface area contributed by atoms with Gasteiger partial charge in [0.2, 0.25) is 5.91 Å². The second-order valence-electron chi connectivity index (χ2n) is 9.66. The smallest absolute Gasteiger partial charge is 0.358 e.